The number of thiazole rings is 1. The number of alkyl halides is 1. The van der Waals surface area contributed by atoms with E-state index < -0.39 is 16.0 Å². The van der Waals surface area contributed by atoms with Crippen molar-refractivity contribution in [1.82, 2.24) is 4.98 Å². The number of fused-ring (bicyclic) bond motifs is 1. The number of rotatable bonds is 3. The summed E-state index contributed by atoms with van der Waals surface area (Å²) in [7, 11) is 0. The van der Waals surface area contributed by atoms with Crippen LogP contribution in [0, 0.1) is 17.0 Å². The third-order valence-electron chi connectivity index (χ3n) is 5.43. The van der Waals surface area contributed by atoms with Crippen molar-refractivity contribution in [2.24, 2.45) is 5.10 Å². The fourth-order valence-corrected chi connectivity index (χ4v) is 5.44. The molecule has 2 unspecified atom stereocenters. The van der Waals surface area contributed by atoms with E-state index in [1.807, 2.05) is 38.1 Å². The summed E-state index contributed by atoms with van der Waals surface area (Å²) in [6.07, 6.45) is 0.483. The Bertz CT molecular complexity index is 1240. The summed E-state index contributed by atoms with van der Waals surface area (Å²) in [5.74, 6) is -0.257. The van der Waals surface area contributed by atoms with Gasteiger partial charge in [-0.3, -0.25) is 19.8 Å². The Balaban J connectivity index is 1.61. The molecule has 152 valence electrons. The fraction of sp³-hybridized carbons (Fsp3) is 0.250. The summed E-state index contributed by atoms with van der Waals surface area (Å²) in [4.78, 5) is 29.7. The van der Waals surface area contributed by atoms with Gasteiger partial charge in [0.1, 0.15) is 0 Å². The van der Waals surface area contributed by atoms with Crippen molar-refractivity contribution in [3.8, 4) is 0 Å². The van der Waals surface area contributed by atoms with Gasteiger partial charge in [-0.15, -0.1) is 11.6 Å². The Hall–Kier alpha value is -3.04. The van der Waals surface area contributed by atoms with Crippen molar-refractivity contribution in [1.29, 1.82) is 0 Å². The minimum absolute atomic E-state index is 0.0149. The molecule has 0 bridgehead atoms. The van der Waals surface area contributed by atoms with Gasteiger partial charge in [-0.2, -0.15) is 5.10 Å². The average Bonchev–Trinajstić information content (AvgIpc) is 3.29. The predicted molar refractivity (Wildman–Crippen MR) is 118 cm³/mol. The summed E-state index contributed by atoms with van der Waals surface area (Å²) in [5.41, 5.74) is 2.49. The van der Waals surface area contributed by atoms with Gasteiger partial charge in [-0.05, 0) is 32.0 Å². The molecule has 2 aliphatic heterocycles. The van der Waals surface area contributed by atoms with Crippen molar-refractivity contribution >= 4 is 61.3 Å². The van der Waals surface area contributed by atoms with Crippen LogP contribution in [0.15, 0.2) is 47.6 Å². The maximum absolute atomic E-state index is 12.9. The first-order valence-electron chi connectivity index (χ1n) is 9.25. The van der Waals surface area contributed by atoms with Crippen molar-refractivity contribution in [2.45, 2.75) is 31.3 Å². The van der Waals surface area contributed by atoms with Gasteiger partial charge in [0.15, 0.2) is 16.2 Å². The largest absolute Gasteiger partial charge is 0.272 e. The molecule has 0 aliphatic carbocycles. The minimum Gasteiger partial charge on any atom is -0.272 e. The Kier molecular flexibility index (Phi) is 4.09. The zero-order valence-corrected chi connectivity index (χ0v) is 17.6. The second-order valence-electron chi connectivity index (χ2n) is 7.48. The number of nitro groups is 1. The lowest BCUT2D eigenvalue weighted by molar-refractivity contribution is -0.384. The van der Waals surface area contributed by atoms with Crippen LogP contribution in [0.3, 0.4) is 0 Å². The molecule has 1 aromatic heterocycles. The van der Waals surface area contributed by atoms with Crippen LogP contribution in [-0.2, 0) is 4.79 Å². The van der Waals surface area contributed by atoms with Crippen LogP contribution in [-0.4, -0.2) is 32.6 Å². The van der Waals surface area contributed by atoms with Crippen LogP contribution in [0.25, 0.3) is 10.2 Å². The molecule has 2 aromatic carbocycles. The quantitative estimate of drug-likeness (QED) is 0.259. The van der Waals surface area contributed by atoms with Crippen LogP contribution >= 0.6 is 22.9 Å². The van der Waals surface area contributed by atoms with Gasteiger partial charge >= 0.3 is 0 Å². The van der Waals surface area contributed by atoms with Crippen LogP contribution in [0.1, 0.15) is 18.9 Å². The molecular weight excluding hydrogens is 426 g/mol. The molecule has 1 spiro atoms. The first-order valence-corrected chi connectivity index (χ1v) is 10.5. The molecule has 1 amide bonds. The molecule has 2 atom stereocenters. The summed E-state index contributed by atoms with van der Waals surface area (Å²) in [6.45, 7) is 3.91. The number of non-ortho nitro benzene ring substituents is 1. The molecule has 8 nitrogen and oxygen atoms in total. The predicted octanol–water partition coefficient (Wildman–Crippen LogP) is 4.45. The second kappa shape index (κ2) is 6.48. The Morgan fingerprint density at radius 3 is 2.67 bits per heavy atom. The van der Waals surface area contributed by atoms with Gasteiger partial charge in [0.25, 0.3) is 11.6 Å². The van der Waals surface area contributed by atoms with E-state index in [0.29, 0.717) is 21.8 Å². The number of aryl methyl sites for hydroxylation is 1. The molecule has 3 aromatic rings. The highest BCUT2D eigenvalue weighted by Gasteiger charge is 2.67. The summed E-state index contributed by atoms with van der Waals surface area (Å²) < 4.78 is 0.637. The van der Waals surface area contributed by atoms with Gasteiger partial charge in [-0.1, -0.05) is 29.0 Å². The van der Waals surface area contributed by atoms with Gasteiger partial charge in [0, 0.05) is 24.3 Å². The van der Waals surface area contributed by atoms with E-state index in [4.69, 9.17) is 11.6 Å². The Morgan fingerprint density at radius 2 is 1.97 bits per heavy atom. The van der Waals surface area contributed by atoms with Crippen molar-refractivity contribution in [2.75, 3.05) is 9.91 Å². The second-order valence-corrected chi connectivity index (χ2v) is 8.93. The summed E-state index contributed by atoms with van der Waals surface area (Å²) in [5, 5.41) is 17.2. The maximum Gasteiger partial charge on any atom is 0.270 e. The normalized spacial score (nSPS) is 23.2. The lowest BCUT2D eigenvalue weighted by atomic mass is 9.88. The lowest BCUT2D eigenvalue weighted by Gasteiger charge is -2.55. The number of hydrazone groups is 1. The molecule has 1 fully saturated rings. The molecular formula is C20H16ClN5O3S. The molecule has 0 saturated carbocycles. The average molecular weight is 442 g/mol. The number of halogens is 1. The van der Waals surface area contributed by atoms with E-state index in [2.05, 4.69) is 10.1 Å². The zero-order valence-electron chi connectivity index (χ0n) is 16.1. The minimum atomic E-state index is -0.891. The number of β-lactam (4-membered cyclic amide) rings is 1. The summed E-state index contributed by atoms with van der Waals surface area (Å²) in [6, 6.07) is 12.3. The highest BCUT2D eigenvalue weighted by atomic mass is 35.5. The fourth-order valence-electron chi connectivity index (χ4n) is 4.00. The molecule has 0 radical (unpaired) electrons. The van der Waals surface area contributed by atoms with E-state index in [1.54, 1.807) is 16.0 Å². The van der Waals surface area contributed by atoms with Crippen LogP contribution in [0.2, 0.25) is 0 Å². The van der Waals surface area contributed by atoms with E-state index in [1.165, 1.54) is 23.5 Å². The first kappa shape index (κ1) is 19.0. The number of nitrogens with zero attached hydrogens (tertiary/aromatic N) is 5. The molecule has 0 N–H and O–H groups in total. The molecule has 5 rings (SSSR count). The smallest absolute Gasteiger partial charge is 0.270 e. The van der Waals surface area contributed by atoms with E-state index in [0.717, 1.165) is 17.0 Å². The molecule has 1 saturated heterocycles. The van der Waals surface area contributed by atoms with Gasteiger partial charge in [0.05, 0.1) is 20.8 Å². The van der Waals surface area contributed by atoms with Gasteiger partial charge < -0.3 is 0 Å². The first-order chi connectivity index (χ1) is 14.3. The Morgan fingerprint density at radius 1 is 1.23 bits per heavy atom. The number of anilines is 2. The topological polar surface area (TPSA) is 91.9 Å². The van der Waals surface area contributed by atoms with E-state index >= 15 is 0 Å². The molecule has 10 heteroatoms. The number of carbonyl (C=O) groups excluding carboxylic acids is 1. The number of benzene rings is 2. The van der Waals surface area contributed by atoms with Gasteiger partial charge in [0.2, 0.25) is 0 Å². The number of nitro benzene ring substituents is 1. The third kappa shape index (κ3) is 2.55. The van der Waals surface area contributed by atoms with Crippen molar-refractivity contribution in [3.63, 3.8) is 0 Å². The van der Waals surface area contributed by atoms with Crippen molar-refractivity contribution < 1.29 is 9.72 Å². The Labute approximate surface area is 180 Å². The highest BCUT2D eigenvalue weighted by Crippen LogP contribution is 2.51. The zero-order chi connectivity index (χ0) is 21.2. The summed E-state index contributed by atoms with van der Waals surface area (Å²) >= 11 is 7.83. The van der Waals surface area contributed by atoms with Crippen LogP contribution < -0.4 is 9.91 Å². The van der Waals surface area contributed by atoms with Crippen LogP contribution in [0.4, 0.5) is 16.5 Å². The van der Waals surface area contributed by atoms with E-state index in [-0.39, 0.29) is 11.6 Å². The molecule has 30 heavy (non-hydrogen) atoms. The number of hydrogen-bond acceptors (Lipinski definition) is 7. The number of hydrogen-bond donors (Lipinski definition) is 0. The van der Waals surface area contributed by atoms with Crippen molar-refractivity contribution in [3.05, 3.63) is 58.1 Å². The number of carbonyl (C=O) groups is 1. The molecule has 3 heterocycles. The van der Waals surface area contributed by atoms with E-state index in [9.17, 15) is 14.9 Å². The SMILES string of the molecule is CC1=NN(c2ccc(C)cc2)C2(C1)C(Cl)C(=O)N2c1nc2ccc([N+](=O)[O-])cc2s1. The standard InChI is InChI=1S/C20H16ClN5O3S/c1-11-3-5-13(6-4-11)25-20(10-12(2)23-25)17(21)18(27)24(20)19-22-15-8-7-14(26(28)29)9-16(15)30-19/h3-9,17H,10H2,1-2H3. The molecule has 2 aliphatic rings. The number of aromatic nitrogens is 1. The highest BCUT2D eigenvalue weighted by molar-refractivity contribution is 7.22. The maximum atomic E-state index is 12.9. The third-order valence-corrected chi connectivity index (χ3v) is 6.96. The van der Waals surface area contributed by atoms with Gasteiger partial charge in [-0.25, -0.2) is 9.99 Å². The monoisotopic (exact) mass is 441 g/mol. The number of amides is 1. The van der Waals surface area contributed by atoms with Crippen LogP contribution in [0.5, 0.6) is 0 Å². The lowest BCUT2D eigenvalue weighted by Crippen LogP contribution is -2.78.